The number of hydrogen-bond donors (Lipinski definition) is 1. The number of nitrogens with zero attached hydrogens (tertiary/aromatic N) is 1. The Kier molecular flexibility index (Phi) is 4.29. The Morgan fingerprint density at radius 2 is 2.00 bits per heavy atom. The van der Waals surface area contributed by atoms with Gasteiger partial charge in [-0.05, 0) is 40.4 Å². The maximum atomic E-state index is 11.8. The van der Waals surface area contributed by atoms with Gasteiger partial charge in [-0.25, -0.2) is 0 Å². The van der Waals surface area contributed by atoms with Crippen LogP contribution in [-0.4, -0.2) is 31.4 Å². The van der Waals surface area contributed by atoms with Crippen molar-refractivity contribution in [2.24, 2.45) is 0 Å². The van der Waals surface area contributed by atoms with E-state index in [1.54, 1.807) is 0 Å². The molecule has 3 heteroatoms. The molecule has 1 aromatic rings. The van der Waals surface area contributed by atoms with Crippen molar-refractivity contribution in [2.45, 2.75) is 26.3 Å². The van der Waals surface area contributed by atoms with Gasteiger partial charge in [0.05, 0.1) is 12.1 Å². The molecular weight excluding hydrogens is 212 g/mol. The van der Waals surface area contributed by atoms with Gasteiger partial charge in [0.1, 0.15) is 0 Å². The summed E-state index contributed by atoms with van der Waals surface area (Å²) in [5.41, 5.74) is 2.00. The van der Waals surface area contributed by atoms with Gasteiger partial charge in [-0.1, -0.05) is 29.8 Å². The fourth-order valence-corrected chi connectivity index (χ4v) is 1.78. The highest BCUT2D eigenvalue weighted by Gasteiger charge is 2.22. The molecule has 0 atom stereocenters. The molecule has 1 rings (SSSR count). The number of rotatable bonds is 4. The largest absolute Gasteiger partial charge is 0.346 e. The molecule has 1 amide bonds. The van der Waals surface area contributed by atoms with Crippen LogP contribution in [0.2, 0.25) is 0 Å². The molecule has 0 aromatic heterocycles. The predicted molar refractivity (Wildman–Crippen MR) is 70.9 cm³/mol. The standard InChI is InChI=1S/C14H22N2O/c1-11-7-6-8-12(9-11)14(2,3)15-13(17)10-16(4)5/h6-9H,10H2,1-5H3,(H,15,17). The van der Waals surface area contributed by atoms with Crippen LogP contribution in [0.3, 0.4) is 0 Å². The number of aryl methyl sites for hydroxylation is 1. The van der Waals surface area contributed by atoms with Gasteiger partial charge in [-0.2, -0.15) is 0 Å². The van der Waals surface area contributed by atoms with Gasteiger partial charge < -0.3 is 10.2 Å². The lowest BCUT2D eigenvalue weighted by Crippen LogP contribution is -2.44. The second-order valence-electron chi connectivity index (χ2n) is 5.28. The molecule has 1 N–H and O–H groups in total. The van der Waals surface area contributed by atoms with Gasteiger partial charge in [0.15, 0.2) is 0 Å². The molecule has 0 heterocycles. The van der Waals surface area contributed by atoms with E-state index in [1.807, 2.05) is 45.0 Å². The lowest BCUT2D eigenvalue weighted by molar-refractivity contribution is -0.123. The number of carbonyl (C=O) groups excluding carboxylic acids is 1. The maximum absolute atomic E-state index is 11.8. The summed E-state index contributed by atoms with van der Waals surface area (Å²) in [6, 6.07) is 8.23. The zero-order valence-corrected chi connectivity index (χ0v) is 11.4. The first-order valence-corrected chi connectivity index (χ1v) is 5.84. The first kappa shape index (κ1) is 13.7. The molecule has 0 aliphatic heterocycles. The van der Waals surface area contributed by atoms with E-state index in [9.17, 15) is 4.79 Å². The Labute approximate surface area is 104 Å². The van der Waals surface area contributed by atoms with Crippen LogP contribution in [0.5, 0.6) is 0 Å². The fraction of sp³-hybridized carbons (Fsp3) is 0.500. The topological polar surface area (TPSA) is 32.3 Å². The zero-order valence-electron chi connectivity index (χ0n) is 11.4. The molecule has 0 fully saturated rings. The number of hydrogen-bond acceptors (Lipinski definition) is 2. The van der Waals surface area contributed by atoms with Crippen LogP contribution >= 0.6 is 0 Å². The second-order valence-corrected chi connectivity index (χ2v) is 5.28. The summed E-state index contributed by atoms with van der Waals surface area (Å²) in [4.78, 5) is 13.6. The lowest BCUT2D eigenvalue weighted by atomic mass is 9.93. The molecule has 0 unspecified atom stereocenters. The highest BCUT2D eigenvalue weighted by atomic mass is 16.2. The summed E-state index contributed by atoms with van der Waals surface area (Å²) in [7, 11) is 3.78. The quantitative estimate of drug-likeness (QED) is 0.863. The number of benzene rings is 1. The molecule has 94 valence electrons. The van der Waals surface area contributed by atoms with E-state index in [-0.39, 0.29) is 11.4 Å². The van der Waals surface area contributed by atoms with Gasteiger partial charge in [0.25, 0.3) is 0 Å². The SMILES string of the molecule is Cc1cccc(C(C)(C)NC(=O)CN(C)C)c1. The van der Waals surface area contributed by atoms with Crippen LogP contribution in [0, 0.1) is 6.92 Å². The molecule has 3 nitrogen and oxygen atoms in total. The Bertz CT molecular complexity index is 397. The molecule has 0 spiro atoms. The summed E-state index contributed by atoms with van der Waals surface area (Å²) in [5, 5.41) is 3.05. The summed E-state index contributed by atoms with van der Waals surface area (Å²) < 4.78 is 0. The summed E-state index contributed by atoms with van der Waals surface area (Å²) in [6.45, 7) is 6.52. The maximum Gasteiger partial charge on any atom is 0.234 e. The van der Waals surface area contributed by atoms with Crippen molar-refractivity contribution in [2.75, 3.05) is 20.6 Å². The number of amides is 1. The molecule has 1 aromatic carbocycles. The van der Waals surface area contributed by atoms with Crippen LogP contribution in [0.4, 0.5) is 0 Å². The fourth-order valence-electron chi connectivity index (χ4n) is 1.78. The minimum absolute atomic E-state index is 0.0431. The number of likely N-dealkylation sites (N-methyl/N-ethyl adjacent to an activating group) is 1. The molecule has 0 radical (unpaired) electrons. The smallest absolute Gasteiger partial charge is 0.234 e. The van der Waals surface area contributed by atoms with Crippen molar-refractivity contribution < 1.29 is 4.79 Å². The first-order chi connectivity index (χ1) is 7.81. The minimum atomic E-state index is -0.334. The van der Waals surface area contributed by atoms with Crippen molar-refractivity contribution in [3.05, 3.63) is 35.4 Å². The molecular formula is C14H22N2O. The third-order valence-electron chi connectivity index (χ3n) is 2.65. The molecule has 17 heavy (non-hydrogen) atoms. The molecule has 0 aliphatic carbocycles. The Balaban J connectivity index is 2.78. The monoisotopic (exact) mass is 234 g/mol. The van der Waals surface area contributed by atoms with E-state index >= 15 is 0 Å². The van der Waals surface area contributed by atoms with Crippen molar-refractivity contribution in [3.63, 3.8) is 0 Å². The predicted octanol–water partition coefficient (Wildman–Crippen LogP) is 1.91. The van der Waals surface area contributed by atoms with E-state index in [0.717, 1.165) is 5.56 Å². The normalized spacial score (nSPS) is 11.6. The van der Waals surface area contributed by atoms with Crippen LogP contribution in [0.15, 0.2) is 24.3 Å². The van der Waals surface area contributed by atoms with E-state index in [2.05, 4.69) is 24.4 Å². The van der Waals surface area contributed by atoms with Crippen molar-refractivity contribution >= 4 is 5.91 Å². The average Bonchev–Trinajstić information content (AvgIpc) is 2.15. The molecule has 0 aliphatic rings. The minimum Gasteiger partial charge on any atom is -0.346 e. The van der Waals surface area contributed by atoms with Crippen LogP contribution in [0.1, 0.15) is 25.0 Å². The van der Waals surface area contributed by atoms with E-state index in [4.69, 9.17) is 0 Å². The first-order valence-electron chi connectivity index (χ1n) is 5.84. The third-order valence-corrected chi connectivity index (χ3v) is 2.65. The molecule has 0 bridgehead atoms. The summed E-state index contributed by atoms with van der Waals surface area (Å²) >= 11 is 0. The van der Waals surface area contributed by atoms with Crippen molar-refractivity contribution in [3.8, 4) is 0 Å². The third kappa shape index (κ3) is 4.19. The summed E-state index contributed by atoms with van der Waals surface area (Å²) in [5.74, 6) is 0.0431. The van der Waals surface area contributed by atoms with Gasteiger partial charge >= 0.3 is 0 Å². The van der Waals surface area contributed by atoms with E-state index in [0.29, 0.717) is 6.54 Å². The zero-order chi connectivity index (χ0) is 13.1. The average molecular weight is 234 g/mol. The number of carbonyl (C=O) groups is 1. The highest BCUT2D eigenvalue weighted by molar-refractivity contribution is 5.78. The van der Waals surface area contributed by atoms with Gasteiger partial charge in [0.2, 0.25) is 5.91 Å². The summed E-state index contributed by atoms with van der Waals surface area (Å²) in [6.07, 6.45) is 0. The Morgan fingerprint density at radius 1 is 1.35 bits per heavy atom. The van der Waals surface area contributed by atoms with Gasteiger partial charge in [-0.15, -0.1) is 0 Å². The van der Waals surface area contributed by atoms with Gasteiger partial charge in [0, 0.05) is 0 Å². The lowest BCUT2D eigenvalue weighted by Gasteiger charge is -2.28. The highest BCUT2D eigenvalue weighted by Crippen LogP contribution is 2.20. The number of nitrogens with one attached hydrogen (secondary N) is 1. The van der Waals surface area contributed by atoms with E-state index in [1.165, 1.54) is 5.56 Å². The molecule has 0 saturated heterocycles. The van der Waals surface area contributed by atoms with Crippen molar-refractivity contribution in [1.82, 2.24) is 10.2 Å². The van der Waals surface area contributed by atoms with Crippen LogP contribution < -0.4 is 5.32 Å². The van der Waals surface area contributed by atoms with E-state index < -0.39 is 0 Å². The van der Waals surface area contributed by atoms with Crippen molar-refractivity contribution in [1.29, 1.82) is 0 Å². The Hall–Kier alpha value is -1.35. The second kappa shape index (κ2) is 5.32. The van der Waals surface area contributed by atoms with Gasteiger partial charge in [-0.3, -0.25) is 4.79 Å². The Morgan fingerprint density at radius 3 is 2.53 bits per heavy atom. The molecule has 0 saturated carbocycles. The van der Waals surface area contributed by atoms with Crippen LogP contribution in [-0.2, 0) is 10.3 Å². The van der Waals surface area contributed by atoms with Crippen LogP contribution in [0.25, 0.3) is 0 Å².